The van der Waals surface area contributed by atoms with Crippen LogP contribution in [-0.4, -0.2) is 48.5 Å². The Morgan fingerprint density at radius 2 is 2.03 bits per heavy atom. The number of hydrogen-bond acceptors (Lipinski definition) is 9. The highest BCUT2D eigenvalue weighted by Crippen LogP contribution is 2.31. The molecular weight excluding hydrogens is 448 g/mol. The molecule has 1 aliphatic heterocycles. The lowest BCUT2D eigenvalue weighted by atomic mass is 10.2. The maximum Gasteiger partial charge on any atom is 0.289 e. The van der Waals surface area contributed by atoms with Crippen LogP contribution in [0.15, 0.2) is 59.3 Å². The molecule has 0 radical (unpaired) electrons. The second kappa shape index (κ2) is 10.9. The number of benzene rings is 2. The van der Waals surface area contributed by atoms with Gasteiger partial charge in [-0.05, 0) is 41.8 Å². The molecule has 0 amide bonds. The zero-order valence-electron chi connectivity index (χ0n) is 17.5. The second-order valence-electron chi connectivity index (χ2n) is 6.70. The van der Waals surface area contributed by atoms with Gasteiger partial charge in [0, 0.05) is 35.8 Å². The van der Waals surface area contributed by atoms with E-state index >= 15 is 0 Å². The van der Waals surface area contributed by atoms with Crippen molar-refractivity contribution in [3.8, 4) is 5.75 Å². The van der Waals surface area contributed by atoms with Crippen molar-refractivity contribution in [2.75, 3.05) is 43.2 Å². The van der Waals surface area contributed by atoms with E-state index in [0.717, 1.165) is 28.0 Å². The molecule has 0 bridgehead atoms. The smallest absolute Gasteiger partial charge is 0.289 e. The third-order valence-corrected chi connectivity index (χ3v) is 5.48. The number of hydrogen-bond donors (Lipinski definition) is 3. The largest absolute Gasteiger partial charge is 0.491 e. The van der Waals surface area contributed by atoms with Crippen LogP contribution in [0.4, 0.5) is 17.2 Å². The molecule has 1 aliphatic rings. The minimum atomic E-state index is 0.523. The number of halogens is 1. The zero-order valence-corrected chi connectivity index (χ0v) is 19.0. The Morgan fingerprint density at radius 3 is 2.84 bits per heavy atom. The van der Waals surface area contributed by atoms with E-state index in [4.69, 9.17) is 21.1 Å². The van der Waals surface area contributed by atoms with Gasteiger partial charge in [-0.25, -0.2) is 15.0 Å². The molecule has 1 aromatic heterocycles. The van der Waals surface area contributed by atoms with Gasteiger partial charge in [0.05, 0.1) is 23.7 Å². The first-order valence-corrected chi connectivity index (χ1v) is 11.5. The topological polar surface area (TPSA) is 92.7 Å². The molecular formula is C22H23ClN6O2S. The molecule has 0 unspecified atom stereocenters. The van der Waals surface area contributed by atoms with Crippen LogP contribution in [0.2, 0.25) is 5.02 Å². The summed E-state index contributed by atoms with van der Waals surface area (Å²) in [6.07, 6.45) is 3.41. The van der Waals surface area contributed by atoms with Gasteiger partial charge in [0.2, 0.25) is 0 Å². The van der Waals surface area contributed by atoms with Gasteiger partial charge in [-0.15, -0.1) is 11.8 Å². The number of rotatable bonds is 9. The van der Waals surface area contributed by atoms with Crippen molar-refractivity contribution in [1.82, 2.24) is 15.3 Å². The monoisotopic (exact) mass is 470 g/mol. The number of anilines is 3. The summed E-state index contributed by atoms with van der Waals surface area (Å²) in [6.45, 7) is 1.82. The van der Waals surface area contributed by atoms with Gasteiger partial charge in [-0.1, -0.05) is 11.6 Å². The second-order valence-corrected chi connectivity index (χ2v) is 8.12. The SMILES string of the molecule is CN/C=C\SCCOc1ccc(Nc2ncnc3ccc(NC4=NCCO4)cc23)cc1Cl. The molecule has 0 spiro atoms. The van der Waals surface area contributed by atoms with Crippen molar-refractivity contribution >= 4 is 57.5 Å². The maximum absolute atomic E-state index is 6.43. The van der Waals surface area contributed by atoms with Crippen molar-refractivity contribution in [2.45, 2.75) is 0 Å². The molecule has 0 aliphatic carbocycles. The van der Waals surface area contributed by atoms with E-state index in [0.29, 0.717) is 42.4 Å². The lowest BCUT2D eigenvalue weighted by Gasteiger charge is -2.12. The van der Waals surface area contributed by atoms with E-state index in [1.54, 1.807) is 11.8 Å². The van der Waals surface area contributed by atoms with Crippen LogP contribution in [0.1, 0.15) is 0 Å². The molecule has 166 valence electrons. The standard InChI is InChI=1S/C22H23ClN6O2S/c1-24-7-10-32-11-9-30-20-5-3-16(13-18(20)23)28-21-17-12-15(29-22-25-6-8-31-22)2-4-19(17)26-14-27-21/h2-5,7,10,12-14,24H,6,8-9,11H2,1H3,(H,25,29)(H,26,27,28)/b10-7-. The Kier molecular flexibility index (Phi) is 7.52. The van der Waals surface area contributed by atoms with E-state index in [1.807, 2.05) is 55.1 Å². The maximum atomic E-state index is 6.43. The molecule has 8 nitrogen and oxygen atoms in total. The third-order valence-electron chi connectivity index (χ3n) is 4.46. The average molecular weight is 471 g/mol. The quantitative estimate of drug-likeness (QED) is 0.390. The normalized spacial score (nSPS) is 13.1. The van der Waals surface area contributed by atoms with Gasteiger partial charge in [0.15, 0.2) is 0 Å². The van der Waals surface area contributed by atoms with Crippen molar-refractivity contribution in [3.05, 3.63) is 59.4 Å². The molecule has 4 rings (SSSR count). The van der Waals surface area contributed by atoms with Gasteiger partial charge in [-0.3, -0.25) is 0 Å². The Hall–Kier alpha value is -3.17. The molecule has 32 heavy (non-hydrogen) atoms. The molecule has 0 atom stereocenters. The van der Waals surface area contributed by atoms with Gasteiger partial charge in [-0.2, -0.15) is 0 Å². The molecule has 0 saturated carbocycles. The third kappa shape index (κ3) is 5.74. The lowest BCUT2D eigenvalue weighted by Crippen LogP contribution is -2.11. The number of ether oxygens (including phenoxy) is 2. The van der Waals surface area contributed by atoms with E-state index in [1.165, 1.54) is 6.33 Å². The number of aliphatic imine (C=N–C) groups is 1. The number of amidine groups is 1. The lowest BCUT2D eigenvalue weighted by molar-refractivity contribution is 0.344. The highest BCUT2D eigenvalue weighted by Gasteiger charge is 2.11. The first-order valence-electron chi connectivity index (χ1n) is 10.1. The van der Waals surface area contributed by atoms with Crippen LogP contribution in [-0.2, 0) is 4.74 Å². The summed E-state index contributed by atoms with van der Waals surface area (Å²) < 4.78 is 11.2. The fourth-order valence-corrected chi connectivity index (χ4v) is 3.77. The van der Waals surface area contributed by atoms with Gasteiger partial charge in [0.25, 0.3) is 6.02 Å². The zero-order chi connectivity index (χ0) is 22.2. The summed E-state index contributed by atoms with van der Waals surface area (Å²) in [4.78, 5) is 13.0. The summed E-state index contributed by atoms with van der Waals surface area (Å²) in [6, 6.07) is 11.9. The summed E-state index contributed by atoms with van der Waals surface area (Å²) in [7, 11) is 1.86. The fourth-order valence-electron chi connectivity index (χ4n) is 2.98. The number of thioether (sulfide) groups is 1. The molecule has 0 saturated heterocycles. The molecule has 10 heteroatoms. The number of nitrogens with zero attached hydrogens (tertiary/aromatic N) is 3. The Balaban J connectivity index is 1.45. The Morgan fingerprint density at radius 1 is 1.16 bits per heavy atom. The molecule has 3 N–H and O–H groups in total. The van der Waals surface area contributed by atoms with Crippen LogP contribution in [0.25, 0.3) is 10.9 Å². The predicted molar refractivity (Wildman–Crippen MR) is 132 cm³/mol. The minimum Gasteiger partial charge on any atom is -0.491 e. The van der Waals surface area contributed by atoms with Crippen LogP contribution in [0, 0.1) is 0 Å². The summed E-state index contributed by atoms with van der Waals surface area (Å²) in [5.41, 5.74) is 2.47. The van der Waals surface area contributed by atoms with Gasteiger partial charge < -0.3 is 25.4 Å². The Bertz CT molecular complexity index is 1140. The van der Waals surface area contributed by atoms with Crippen LogP contribution < -0.4 is 20.7 Å². The average Bonchev–Trinajstić information content (AvgIpc) is 3.31. The summed E-state index contributed by atoms with van der Waals surface area (Å²) >= 11 is 8.09. The van der Waals surface area contributed by atoms with Crippen LogP contribution >= 0.6 is 23.4 Å². The minimum absolute atomic E-state index is 0.523. The van der Waals surface area contributed by atoms with Gasteiger partial charge >= 0.3 is 0 Å². The Labute approximate surface area is 195 Å². The molecule has 2 heterocycles. The van der Waals surface area contributed by atoms with Crippen LogP contribution in [0.3, 0.4) is 0 Å². The van der Waals surface area contributed by atoms with Crippen LogP contribution in [0.5, 0.6) is 5.75 Å². The van der Waals surface area contributed by atoms with Crippen molar-refractivity contribution in [3.63, 3.8) is 0 Å². The van der Waals surface area contributed by atoms with Crippen molar-refractivity contribution < 1.29 is 9.47 Å². The fraction of sp³-hybridized carbons (Fsp3) is 0.227. The highest BCUT2D eigenvalue weighted by atomic mass is 35.5. The number of fused-ring (bicyclic) bond motifs is 1. The molecule has 0 fully saturated rings. The first-order chi connectivity index (χ1) is 15.7. The highest BCUT2D eigenvalue weighted by molar-refractivity contribution is 8.02. The predicted octanol–water partition coefficient (Wildman–Crippen LogP) is 4.63. The first kappa shape index (κ1) is 22.0. The van der Waals surface area contributed by atoms with E-state index in [2.05, 4.69) is 30.9 Å². The molecule has 2 aromatic carbocycles. The molecule has 3 aromatic rings. The van der Waals surface area contributed by atoms with Crippen molar-refractivity contribution in [1.29, 1.82) is 0 Å². The summed E-state index contributed by atoms with van der Waals surface area (Å²) in [5.74, 6) is 2.15. The number of nitrogens with one attached hydrogen (secondary N) is 3. The van der Waals surface area contributed by atoms with E-state index < -0.39 is 0 Å². The number of aromatic nitrogens is 2. The van der Waals surface area contributed by atoms with E-state index in [-0.39, 0.29) is 0 Å². The van der Waals surface area contributed by atoms with Gasteiger partial charge in [0.1, 0.15) is 24.5 Å². The van der Waals surface area contributed by atoms with E-state index in [9.17, 15) is 0 Å². The van der Waals surface area contributed by atoms with Crippen molar-refractivity contribution in [2.24, 2.45) is 4.99 Å². The summed E-state index contributed by atoms with van der Waals surface area (Å²) in [5, 5.41) is 12.8.